The molecule has 1 amide bonds. The molecule has 0 radical (unpaired) electrons. The highest BCUT2D eigenvalue weighted by Gasteiger charge is 2.31. The summed E-state index contributed by atoms with van der Waals surface area (Å²) < 4.78 is 13.1. The summed E-state index contributed by atoms with van der Waals surface area (Å²) >= 11 is 0. The Kier molecular flexibility index (Phi) is 5.79. The average Bonchev–Trinajstić information content (AvgIpc) is 3.02. The second-order valence-electron chi connectivity index (χ2n) is 7.50. The molecule has 1 heterocycles. The van der Waals surface area contributed by atoms with E-state index in [2.05, 4.69) is 24.1 Å². The number of rotatable bonds is 6. The van der Waals surface area contributed by atoms with Crippen LogP contribution in [0.1, 0.15) is 52.0 Å². The van der Waals surface area contributed by atoms with Crippen molar-refractivity contribution in [2.24, 2.45) is 5.92 Å². The Labute approximate surface area is 139 Å². The molecule has 128 valence electrons. The van der Waals surface area contributed by atoms with Crippen LogP contribution in [0, 0.1) is 11.7 Å². The van der Waals surface area contributed by atoms with Crippen LogP contribution in [0.25, 0.3) is 0 Å². The van der Waals surface area contributed by atoms with Gasteiger partial charge in [0.1, 0.15) is 5.82 Å². The zero-order chi connectivity index (χ0) is 17.0. The number of benzene rings is 1. The van der Waals surface area contributed by atoms with Crippen LogP contribution in [0.2, 0.25) is 0 Å². The van der Waals surface area contributed by atoms with E-state index in [9.17, 15) is 9.18 Å². The highest BCUT2D eigenvalue weighted by molar-refractivity contribution is 5.84. The zero-order valence-electron chi connectivity index (χ0n) is 14.7. The van der Waals surface area contributed by atoms with Crippen molar-refractivity contribution in [2.45, 2.75) is 52.0 Å². The SMILES string of the molecule is CC(C)C(C(=O)NCC(C)(C)N1CCCC1)c1ccc(F)cc1. The van der Waals surface area contributed by atoms with Crippen molar-refractivity contribution in [3.8, 4) is 0 Å². The molecule has 0 aromatic heterocycles. The molecular formula is C19H29FN2O. The van der Waals surface area contributed by atoms with Gasteiger partial charge in [-0.1, -0.05) is 26.0 Å². The molecular weight excluding hydrogens is 291 g/mol. The number of nitrogens with zero attached hydrogens (tertiary/aromatic N) is 1. The summed E-state index contributed by atoms with van der Waals surface area (Å²) in [4.78, 5) is 15.1. The third-order valence-electron chi connectivity index (χ3n) is 4.84. The van der Waals surface area contributed by atoms with Crippen molar-refractivity contribution in [3.63, 3.8) is 0 Å². The normalized spacial score (nSPS) is 17.5. The molecule has 1 unspecified atom stereocenters. The summed E-state index contributed by atoms with van der Waals surface area (Å²) in [7, 11) is 0. The van der Waals surface area contributed by atoms with Gasteiger partial charge in [-0.05, 0) is 63.4 Å². The molecule has 2 rings (SSSR count). The smallest absolute Gasteiger partial charge is 0.227 e. The monoisotopic (exact) mass is 320 g/mol. The first kappa shape index (κ1) is 17.9. The first-order chi connectivity index (χ1) is 10.8. The van der Waals surface area contributed by atoms with Crippen LogP contribution in [-0.4, -0.2) is 36.0 Å². The minimum atomic E-state index is -0.271. The summed E-state index contributed by atoms with van der Waals surface area (Å²) in [6.45, 7) is 11.3. The molecule has 1 aromatic carbocycles. The lowest BCUT2D eigenvalue weighted by Crippen LogP contribution is -2.51. The molecule has 1 aliphatic heterocycles. The van der Waals surface area contributed by atoms with Gasteiger partial charge in [0.15, 0.2) is 0 Å². The van der Waals surface area contributed by atoms with Crippen molar-refractivity contribution in [1.29, 1.82) is 0 Å². The number of hydrogen-bond acceptors (Lipinski definition) is 2. The van der Waals surface area contributed by atoms with Gasteiger partial charge < -0.3 is 5.32 Å². The molecule has 3 nitrogen and oxygen atoms in total. The molecule has 1 atom stereocenters. The fourth-order valence-corrected chi connectivity index (χ4v) is 3.36. The predicted molar refractivity (Wildman–Crippen MR) is 91.9 cm³/mol. The molecule has 1 aliphatic rings. The van der Waals surface area contributed by atoms with Crippen LogP contribution in [0.5, 0.6) is 0 Å². The Hall–Kier alpha value is -1.42. The lowest BCUT2D eigenvalue weighted by molar-refractivity contribution is -0.124. The highest BCUT2D eigenvalue weighted by atomic mass is 19.1. The Morgan fingerprint density at radius 2 is 1.78 bits per heavy atom. The van der Waals surface area contributed by atoms with Gasteiger partial charge in [0.2, 0.25) is 5.91 Å². The van der Waals surface area contributed by atoms with E-state index >= 15 is 0 Å². The quantitative estimate of drug-likeness (QED) is 0.869. The van der Waals surface area contributed by atoms with Gasteiger partial charge in [-0.15, -0.1) is 0 Å². The maximum absolute atomic E-state index is 13.1. The van der Waals surface area contributed by atoms with E-state index in [1.165, 1.54) is 25.0 Å². The standard InChI is InChI=1S/C19H29FN2O/c1-14(2)17(15-7-9-16(20)10-8-15)18(23)21-13-19(3,4)22-11-5-6-12-22/h7-10,14,17H,5-6,11-13H2,1-4H3,(H,21,23). The fraction of sp³-hybridized carbons (Fsp3) is 0.632. The molecule has 0 bridgehead atoms. The van der Waals surface area contributed by atoms with E-state index in [0.717, 1.165) is 18.7 Å². The van der Waals surface area contributed by atoms with Crippen molar-refractivity contribution in [2.75, 3.05) is 19.6 Å². The number of carbonyl (C=O) groups excluding carboxylic acids is 1. The summed E-state index contributed by atoms with van der Waals surface area (Å²) in [5.74, 6) is -0.328. The van der Waals surface area contributed by atoms with Crippen molar-refractivity contribution < 1.29 is 9.18 Å². The van der Waals surface area contributed by atoms with Crippen LogP contribution in [0.15, 0.2) is 24.3 Å². The second kappa shape index (κ2) is 7.43. The first-order valence-corrected chi connectivity index (χ1v) is 8.59. The summed E-state index contributed by atoms with van der Waals surface area (Å²) in [5, 5.41) is 3.12. The van der Waals surface area contributed by atoms with Crippen molar-refractivity contribution in [3.05, 3.63) is 35.6 Å². The van der Waals surface area contributed by atoms with E-state index in [-0.39, 0.29) is 29.1 Å². The highest BCUT2D eigenvalue weighted by Crippen LogP contribution is 2.26. The first-order valence-electron chi connectivity index (χ1n) is 8.59. The molecule has 1 fully saturated rings. The number of amides is 1. The summed E-state index contributed by atoms with van der Waals surface area (Å²) in [6.07, 6.45) is 2.48. The summed E-state index contributed by atoms with van der Waals surface area (Å²) in [5.41, 5.74) is 0.842. The lowest BCUT2D eigenvalue weighted by Gasteiger charge is -2.36. The average molecular weight is 320 g/mol. The minimum Gasteiger partial charge on any atom is -0.354 e. The number of halogens is 1. The third kappa shape index (κ3) is 4.54. The number of likely N-dealkylation sites (tertiary alicyclic amines) is 1. The Bertz CT molecular complexity index is 519. The van der Waals surface area contributed by atoms with E-state index in [1.54, 1.807) is 12.1 Å². The van der Waals surface area contributed by atoms with Gasteiger partial charge in [0.25, 0.3) is 0 Å². The van der Waals surface area contributed by atoms with Gasteiger partial charge in [-0.2, -0.15) is 0 Å². The second-order valence-corrected chi connectivity index (χ2v) is 7.50. The van der Waals surface area contributed by atoms with Crippen LogP contribution >= 0.6 is 0 Å². The molecule has 0 spiro atoms. The van der Waals surface area contributed by atoms with Gasteiger partial charge in [0, 0.05) is 12.1 Å². The topological polar surface area (TPSA) is 32.3 Å². The van der Waals surface area contributed by atoms with Gasteiger partial charge >= 0.3 is 0 Å². The molecule has 0 aliphatic carbocycles. The molecule has 0 saturated carbocycles. The van der Waals surface area contributed by atoms with Crippen molar-refractivity contribution >= 4 is 5.91 Å². The van der Waals surface area contributed by atoms with Gasteiger partial charge in [-0.25, -0.2) is 4.39 Å². The zero-order valence-corrected chi connectivity index (χ0v) is 14.7. The van der Waals surface area contributed by atoms with Crippen LogP contribution in [0.4, 0.5) is 4.39 Å². The fourth-order valence-electron chi connectivity index (χ4n) is 3.36. The maximum Gasteiger partial charge on any atom is 0.227 e. The molecule has 4 heteroatoms. The van der Waals surface area contributed by atoms with E-state index in [1.807, 2.05) is 13.8 Å². The van der Waals surface area contributed by atoms with Crippen LogP contribution < -0.4 is 5.32 Å². The number of carbonyl (C=O) groups is 1. The third-order valence-corrected chi connectivity index (χ3v) is 4.84. The van der Waals surface area contributed by atoms with Gasteiger partial charge in [0.05, 0.1) is 5.92 Å². The van der Waals surface area contributed by atoms with Crippen molar-refractivity contribution in [1.82, 2.24) is 10.2 Å². The number of nitrogens with one attached hydrogen (secondary N) is 1. The van der Waals surface area contributed by atoms with Crippen LogP contribution in [0.3, 0.4) is 0 Å². The Morgan fingerprint density at radius 3 is 2.30 bits per heavy atom. The minimum absolute atomic E-state index is 0.0267. The van der Waals surface area contributed by atoms with Crippen LogP contribution in [-0.2, 0) is 4.79 Å². The largest absolute Gasteiger partial charge is 0.354 e. The van der Waals surface area contributed by atoms with E-state index < -0.39 is 0 Å². The lowest BCUT2D eigenvalue weighted by atomic mass is 9.87. The van der Waals surface area contributed by atoms with Gasteiger partial charge in [-0.3, -0.25) is 9.69 Å². The maximum atomic E-state index is 13.1. The van der Waals surface area contributed by atoms with E-state index in [0.29, 0.717) is 6.54 Å². The van der Waals surface area contributed by atoms with E-state index in [4.69, 9.17) is 0 Å². The summed E-state index contributed by atoms with van der Waals surface area (Å²) in [6, 6.07) is 6.27. The molecule has 1 N–H and O–H groups in total. The molecule has 23 heavy (non-hydrogen) atoms. The predicted octanol–water partition coefficient (Wildman–Crippen LogP) is 3.56. The molecule has 1 saturated heterocycles. The molecule has 1 aromatic rings. The Balaban J connectivity index is 2.02. The number of hydrogen-bond donors (Lipinski definition) is 1. The Morgan fingerprint density at radius 1 is 1.22 bits per heavy atom.